The van der Waals surface area contributed by atoms with Crippen LogP contribution in [0.25, 0.3) is 0 Å². The number of amides is 1. The number of hydrogen-bond acceptors (Lipinski definition) is 3. The fourth-order valence-corrected chi connectivity index (χ4v) is 2.23. The zero-order chi connectivity index (χ0) is 17.4. The molecule has 128 valence electrons. The summed E-state index contributed by atoms with van der Waals surface area (Å²) in [5.74, 6) is 0.143. The molecule has 1 unspecified atom stereocenters. The smallest absolute Gasteiger partial charge is 0.220 e. The first-order valence-corrected chi connectivity index (χ1v) is 7.92. The Labute approximate surface area is 141 Å². The van der Waals surface area contributed by atoms with Crippen LogP contribution < -0.4 is 10.1 Å². The lowest BCUT2D eigenvalue weighted by molar-refractivity contribution is -0.121. The van der Waals surface area contributed by atoms with E-state index in [9.17, 15) is 14.3 Å². The predicted molar refractivity (Wildman–Crippen MR) is 90.4 cm³/mol. The third-order valence-electron chi connectivity index (χ3n) is 3.55. The van der Waals surface area contributed by atoms with Crippen LogP contribution in [0.2, 0.25) is 0 Å². The normalized spacial score (nSPS) is 11.8. The Morgan fingerprint density at radius 2 is 2.04 bits per heavy atom. The highest BCUT2D eigenvalue weighted by molar-refractivity contribution is 5.76. The molecule has 0 heterocycles. The second-order valence-corrected chi connectivity index (χ2v) is 5.68. The van der Waals surface area contributed by atoms with Crippen molar-refractivity contribution >= 4 is 5.91 Å². The van der Waals surface area contributed by atoms with E-state index in [1.54, 1.807) is 18.2 Å². The van der Waals surface area contributed by atoms with Crippen LogP contribution in [0.4, 0.5) is 4.39 Å². The number of nitrogens with one attached hydrogen (secondary N) is 1. The third-order valence-corrected chi connectivity index (χ3v) is 3.55. The molecule has 2 rings (SSSR count). The lowest BCUT2D eigenvalue weighted by atomic mass is 10.1. The molecule has 0 aliphatic rings. The molecule has 2 N–H and O–H groups in total. The van der Waals surface area contributed by atoms with Gasteiger partial charge in [0.2, 0.25) is 5.91 Å². The summed E-state index contributed by atoms with van der Waals surface area (Å²) in [7, 11) is 0. The Morgan fingerprint density at radius 3 is 2.79 bits per heavy atom. The second kappa shape index (κ2) is 9.03. The van der Waals surface area contributed by atoms with Crippen LogP contribution in [0.3, 0.4) is 0 Å². The average molecular weight is 331 g/mol. The third kappa shape index (κ3) is 6.01. The summed E-state index contributed by atoms with van der Waals surface area (Å²) in [5.41, 5.74) is 1.58. The summed E-state index contributed by atoms with van der Waals surface area (Å²) >= 11 is 0. The molecule has 0 fully saturated rings. The van der Waals surface area contributed by atoms with Gasteiger partial charge in [0.25, 0.3) is 0 Å². The molecule has 0 aliphatic heterocycles. The van der Waals surface area contributed by atoms with Crippen molar-refractivity contribution in [2.45, 2.75) is 25.9 Å². The zero-order valence-corrected chi connectivity index (χ0v) is 13.7. The number of benzene rings is 2. The Morgan fingerprint density at radius 1 is 1.25 bits per heavy atom. The van der Waals surface area contributed by atoms with Crippen molar-refractivity contribution in [2.75, 3.05) is 13.2 Å². The fourth-order valence-electron chi connectivity index (χ4n) is 2.23. The molecular weight excluding hydrogens is 309 g/mol. The van der Waals surface area contributed by atoms with Gasteiger partial charge in [0.05, 0.1) is 0 Å². The summed E-state index contributed by atoms with van der Waals surface area (Å²) in [5, 5.41) is 12.5. The minimum Gasteiger partial charge on any atom is -0.491 e. The molecule has 2 aromatic rings. The standard InChI is InChI=1S/C19H22FNO3/c1-14-5-4-7-17(11-14)24-13-16(22)12-21-19(23)10-9-15-6-2-3-8-18(15)20/h2-8,11,16,22H,9-10,12-13H2,1H3,(H,21,23). The van der Waals surface area contributed by atoms with Gasteiger partial charge in [-0.05, 0) is 42.7 Å². The van der Waals surface area contributed by atoms with E-state index in [2.05, 4.69) is 5.32 Å². The van der Waals surface area contributed by atoms with Crippen LogP contribution in [-0.2, 0) is 11.2 Å². The molecule has 2 aromatic carbocycles. The lowest BCUT2D eigenvalue weighted by Crippen LogP contribution is -2.35. The first-order chi connectivity index (χ1) is 11.5. The number of halogens is 1. The molecule has 0 saturated heterocycles. The second-order valence-electron chi connectivity index (χ2n) is 5.68. The fraction of sp³-hybridized carbons (Fsp3) is 0.316. The van der Waals surface area contributed by atoms with E-state index in [0.29, 0.717) is 17.7 Å². The Balaban J connectivity index is 1.66. The van der Waals surface area contributed by atoms with Crippen molar-refractivity contribution in [3.05, 3.63) is 65.5 Å². The van der Waals surface area contributed by atoms with Crippen molar-refractivity contribution in [3.8, 4) is 5.75 Å². The summed E-state index contributed by atoms with van der Waals surface area (Å²) in [6, 6.07) is 13.9. The molecule has 0 bridgehead atoms. The SMILES string of the molecule is Cc1cccc(OCC(O)CNC(=O)CCc2ccccc2F)c1. The molecule has 0 saturated carbocycles. The van der Waals surface area contributed by atoms with Gasteiger partial charge < -0.3 is 15.2 Å². The van der Waals surface area contributed by atoms with E-state index in [1.807, 2.05) is 31.2 Å². The van der Waals surface area contributed by atoms with Crippen LogP contribution in [-0.4, -0.2) is 30.3 Å². The largest absolute Gasteiger partial charge is 0.491 e. The van der Waals surface area contributed by atoms with Crippen LogP contribution in [0.1, 0.15) is 17.5 Å². The summed E-state index contributed by atoms with van der Waals surface area (Å²) < 4.78 is 18.9. The molecular formula is C19H22FNO3. The zero-order valence-electron chi connectivity index (χ0n) is 13.7. The highest BCUT2D eigenvalue weighted by Gasteiger charge is 2.09. The van der Waals surface area contributed by atoms with E-state index >= 15 is 0 Å². The van der Waals surface area contributed by atoms with Crippen molar-refractivity contribution in [3.63, 3.8) is 0 Å². The van der Waals surface area contributed by atoms with Gasteiger partial charge in [0.1, 0.15) is 24.3 Å². The minimum atomic E-state index is -0.803. The minimum absolute atomic E-state index is 0.0943. The maximum absolute atomic E-state index is 13.5. The van der Waals surface area contributed by atoms with E-state index in [0.717, 1.165) is 5.56 Å². The average Bonchev–Trinajstić information content (AvgIpc) is 2.57. The van der Waals surface area contributed by atoms with Crippen molar-refractivity contribution < 1.29 is 19.0 Å². The van der Waals surface area contributed by atoms with E-state index < -0.39 is 6.10 Å². The molecule has 0 aromatic heterocycles. The number of rotatable bonds is 8. The maximum Gasteiger partial charge on any atom is 0.220 e. The predicted octanol–water partition coefficient (Wildman–Crippen LogP) is 2.62. The molecule has 1 amide bonds. The molecule has 0 spiro atoms. The van der Waals surface area contributed by atoms with Gasteiger partial charge in [-0.25, -0.2) is 4.39 Å². The number of ether oxygens (including phenoxy) is 1. The number of carbonyl (C=O) groups is 1. The molecule has 5 heteroatoms. The van der Waals surface area contributed by atoms with Gasteiger partial charge >= 0.3 is 0 Å². The summed E-state index contributed by atoms with van der Waals surface area (Å²) in [6.07, 6.45) is -0.302. The quantitative estimate of drug-likeness (QED) is 0.782. The van der Waals surface area contributed by atoms with Crippen LogP contribution >= 0.6 is 0 Å². The van der Waals surface area contributed by atoms with E-state index in [1.165, 1.54) is 6.07 Å². The maximum atomic E-state index is 13.5. The Hall–Kier alpha value is -2.40. The monoisotopic (exact) mass is 331 g/mol. The van der Waals surface area contributed by atoms with Crippen LogP contribution in [0.15, 0.2) is 48.5 Å². The Kier molecular flexibility index (Phi) is 6.75. The van der Waals surface area contributed by atoms with Gasteiger partial charge in [-0.2, -0.15) is 0 Å². The molecule has 24 heavy (non-hydrogen) atoms. The van der Waals surface area contributed by atoms with E-state index in [4.69, 9.17) is 4.74 Å². The number of hydrogen-bond donors (Lipinski definition) is 2. The first-order valence-electron chi connectivity index (χ1n) is 7.92. The van der Waals surface area contributed by atoms with Gasteiger partial charge in [-0.3, -0.25) is 4.79 Å². The van der Waals surface area contributed by atoms with Gasteiger partial charge in [0.15, 0.2) is 0 Å². The van der Waals surface area contributed by atoms with Crippen molar-refractivity contribution in [1.29, 1.82) is 0 Å². The summed E-state index contributed by atoms with van der Waals surface area (Å²) in [6.45, 7) is 2.15. The Bertz CT molecular complexity index is 675. The highest BCUT2D eigenvalue weighted by Crippen LogP contribution is 2.12. The first kappa shape index (κ1) is 17.9. The van der Waals surface area contributed by atoms with E-state index in [-0.39, 0.29) is 31.3 Å². The number of aliphatic hydroxyl groups excluding tert-OH is 1. The number of aliphatic hydroxyl groups is 1. The number of aryl methyl sites for hydroxylation is 2. The van der Waals surface area contributed by atoms with Crippen molar-refractivity contribution in [1.82, 2.24) is 5.32 Å². The topological polar surface area (TPSA) is 58.6 Å². The van der Waals surface area contributed by atoms with Crippen molar-refractivity contribution in [2.24, 2.45) is 0 Å². The van der Waals surface area contributed by atoms with Crippen LogP contribution in [0.5, 0.6) is 5.75 Å². The van der Waals surface area contributed by atoms with Gasteiger partial charge in [0, 0.05) is 13.0 Å². The molecule has 1 atom stereocenters. The van der Waals surface area contributed by atoms with Gasteiger partial charge in [-0.15, -0.1) is 0 Å². The van der Waals surface area contributed by atoms with Crippen LogP contribution in [0, 0.1) is 12.7 Å². The lowest BCUT2D eigenvalue weighted by Gasteiger charge is -2.13. The molecule has 0 aliphatic carbocycles. The number of carbonyl (C=O) groups excluding carboxylic acids is 1. The molecule has 4 nitrogen and oxygen atoms in total. The summed E-state index contributed by atoms with van der Waals surface area (Å²) in [4.78, 5) is 11.8. The van der Waals surface area contributed by atoms with Gasteiger partial charge in [-0.1, -0.05) is 30.3 Å². The molecule has 0 radical (unpaired) electrons. The highest BCUT2D eigenvalue weighted by atomic mass is 19.1.